The zero-order chi connectivity index (χ0) is 27.3. The molecule has 1 aromatic rings. The van der Waals surface area contributed by atoms with E-state index in [2.05, 4.69) is 18.5 Å². The molecule has 7 heteroatoms. The number of amides is 2. The fraction of sp³-hybridized carbons (Fsp3) is 0.567. The molecule has 7 nitrogen and oxygen atoms in total. The van der Waals surface area contributed by atoms with E-state index in [1.165, 1.54) is 0 Å². The quantitative estimate of drug-likeness (QED) is 0.197. The number of aliphatic hydroxyl groups is 1. The molecule has 1 saturated heterocycles. The van der Waals surface area contributed by atoms with Gasteiger partial charge in [0.2, 0.25) is 11.8 Å². The predicted octanol–water partition coefficient (Wildman–Crippen LogP) is 4.21. The number of aliphatic hydroxyl groups excluding tert-OH is 1. The molecule has 37 heavy (non-hydrogen) atoms. The zero-order valence-electron chi connectivity index (χ0n) is 22.5. The molecule has 0 radical (unpaired) electrons. The van der Waals surface area contributed by atoms with Gasteiger partial charge in [-0.05, 0) is 64.4 Å². The summed E-state index contributed by atoms with van der Waals surface area (Å²) < 4.78 is 5.70. The van der Waals surface area contributed by atoms with Gasteiger partial charge in [0.25, 0.3) is 0 Å². The van der Waals surface area contributed by atoms with Gasteiger partial charge in [0.05, 0.1) is 30.0 Å². The lowest BCUT2D eigenvalue weighted by Gasteiger charge is -2.30. The highest BCUT2D eigenvalue weighted by Gasteiger charge is 2.33. The normalized spacial score (nSPS) is 17.1. The molecule has 1 heterocycles. The van der Waals surface area contributed by atoms with Crippen molar-refractivity contribution >= 4 is 17.8 Å². The van der Waals surface area contributed by atoms with E-state index in [-0.39, 0.29) is 49.4 Å². The molecule has 0 saturated carbocycles. The summed E-state index contributed by atoms with van der Waals surface area (Å²) in [5.74, 6) is -1.55. The highest BCUT2D eigenvalue weighted by atomic mass is 16.5. The minimum absolute atomic E-state index is 0.0256. The van der Waals surface area contributed by atoms with E-state index in [0.29, 0.717) is 25.8 Å². The second-order valence-electron chi connectivity index (χ2n) is 10.6. The Morgan fingerprint density at radius 2 is 1.92 bits per heavy atom. The van der Waals surface area contributed by atoms with Crippen molar-refractivity contribution in [3.05, 3.63) is 61.2 Å². The van der Waals surface area contributed by atoms with Crippen LogP contribution in [0.5, 0.6) is 0 Å². The van der Waals surface area contributed by atoms with Crippen LogP contribution in [0.15, 0.2) is 55.6 Å². The second-order valence-corrected chi connectivity index (χ2v) is 10.6. The molecule has 1 fully saturated rings. The molecule has 1 aliphatic heterocycles. The topological polar surface area (TPSA) is 95.9 Å². The molecule has 204 valence electrons. The number of hydrogen-bond donors (Lipinski definition) is 2. The van der Waals surface area contributed by atoms with Crippen molar-refractivity contribution < 1.29 is 24.2 Å². The van der Waals surface area contributed by atoms with E-state index >= 15 is 0 Å². The molecule has 2 amide bonds. The van der Waals surface area contributed by atoms with E-state index in [9.17, 15) is 19.5 Å². The van der Waals surface area contributed by atoms with Crippen LogP contribution in [0.2, 0.25) is 0 Å². The van der Waals surface area contributed by atoms with Gasteiger partial charge in [-0.2, -0.15) is 0 Å². The summed E-state index contributed by atoms with van der Waals surface area (Å²) >= 11 is 0. The second kappa shape index (κ2) is 15.4. The average molecular weight is 513 g/mol. The number of unbranched alkanes of at least 4 members (excludes halogenated alkanes) is 1. The van der Waals surface area contributed by atoms with Crippen LogP contribution in [0.3, 0.4) is 0 Å². The number of carbonyl (C=O) groups excluding carboxylic acids is 3. The van der Waals surface area contributed by atoms with Crippen molar-refractivity contribution in [2.45, 2.75) is 76.8 Å². The minimum atomic E-state index is -0.811. The molecule has 0 aromatic heterocycles. The molecule has 2 N–H and O–H groups in total. The van der Waals surface area contributed by atoms with Gasteiger partial charge in [0, 0.05) is 13.0 Å². The van der Waals surface area contributed by atoms with Crippen molar-refractivity contribution in [3.63, 3.8) is 0 Å². The maximum Gasteiger partial charge on any atom is 0.309 e. The third-order valence-electron chi connectivity index (χ3n) is 6.81. The first kappa shape index (κ1) is 30.3. The number of nitrogens with one attached hydrogen (secondary N) is 1. The van der Waals surface area contributed by atoms with Crippen molar-refractivity contribution in [2.24, 2.45) is 11.8 Å². The van der Waals surface area contributed by atoms with Crippen LogP contribution in [-0.2, 0) is 25.5 Å². The number of carbonyl (C=O) groups is 3. The number of ether oxygens (including phenoxy) is 1. The summed E-state index contributed by atoms with van der Waals surface area (Å²) in [5, 5.41) is 12.5. The molecule has 0 spiro atoms. The Hall–Kier alpha value is -2.93. The Bertz CT molecular complexity index is 898. The van der Waals surface area contributed by atoms with Crippen molar-refractivity contribution in [1.29, 1.82) is 0 Å². The molecular weight excluding hydrogens is 468 g/mol. The fourth-order valence-electron chi connectivity index (χ4n) is 4.72. The molecule has 1 aliphatic rings. The Balaban J connectivity index is 1.95. The number of esters is 1. The number of benzene rings is 1. The molecule has 0 bridgehead atoms. The van der Waals surface area contributed by atoms with Crippen LogP contribution in [-0.4, -0.2) is 59.1 Å². The molecule has 3 atom stereocenters. The lowest BCUT2D eigenvalue weighted by atomic mass is 9.94. The van der Waals surface area contributed by atoms with E-state index in [0.717, 1.165) is 31.2 Å². The van der Waals surface area contributed by atoms with Gasteiger partial charge in [-0.15, -0.1) is 13.2 Å². The van der Waals surface area contributed by atoms with Crippen molar-refractivity contribution in [1.82, 2.24) is 10.2 Å². The molecule has 3 unspecified atom stereocenters. The van der Waals surface area contributed by atoms with Crippen LogP contribution in [0.25, 0.3) is 0 Å². The smallest absolute Gasteiger partial charge is 0.309 e. The third kappa shape index (κ3) is 10.2. The van der Waals surface area contributed by atoms with Gasteiger partial charge in [-0.3, -0.25) is 14.4 Å². The SMILES string of the molecule is C=CCCCC(Cc1ccccc1)C(=O)OCC(C)(C)NC(=O)C(CC=C)CC(=O)N1CCCC1CO. The monoisotopic (exact) mass is 512 g/mol. The first-order chi connectivity index (χ1) is 17.7. The number of nitrogens with zero attached hydrogens (tertiary/aromatic N) is 1. The summed E-state index contributed by atoms with van der Waals surface area (Å²) in [6.07, 6.45) is 8.49. The van der Waals surface area contributed by atoms with Crippen molar-refractivity contribution in [2.75, 3.05) is 19.8 Å². The largest absolute Gasteiger partial charge is 0.463 e. The van der Waals surface area contributed by atoms with E-state index < -0.39 is 11.5 Å². The Labute approximate surface area is 222 Å². The first-order valence-electron chi connectivity index (χ1n) is 13.4. The van der Waals surface area contributed by atoms with Gasteiger partial charge in [0.15, 0.2) is 0 Å². The van der Waals surface area contributed by atoms with Crippen molar-refractivity contribution in [3.8, 4) is 0 Å². The van der Waals surface area contributed by atoms with Gasteiger partial charge >= 0.3 is 5.97 Å². The third-order valence-corrected chi connectivity index (χ3v) is 6.81. The number of likely N-dealkylation sites (tertiary alicyclic amines) is 1. The maximum atomic E-state index is 13.1. The molecule has 1 aromatic carbocycles. The van der Waals surface area contributed by atoms with E-state index in [1.807, 2.05) is 36.4 Å². The minimum Gasteiger partial charge on any atom is -0.463 e. The summed E-state index contributed by atoms with van der Waals surface area (Å²) in [6.45, 7) is 11.7. The maximum absolute atomic E-state index is 13.1. The summed E-state index contributed by atoms with van der Waals surface area (Å²) in [7, 11) is 0. The summed E-state index contributed by atoms with van der Waals surface area (Å²) in [6, 6.07) is 9.69. The standard InChI is InChI=1S/C30H44N2O5/c1-5-7-9-16-25(19-23-14-10-8-11-15-23)29(36)37-22-30(3,4)31-28(35)24(13-6-2)20-27(34)32-18-12-17-26(32)21-33/h5-6,8,10-11,14-15,24-26,33H,1-2,7,9,12-13,16-22H2,3-4H3,(H,31,35). The zero-order valence-corrected chi connectivity index (χ0v) is 22.5. The Morgan fingerprint density at radius 1 is 1.19 bits per heavy atom. The number of allylic oxidation sites excluding steroid dienone is 2. The molecule has 2 rings (SSSR count). The van der Waals surface area contributed by atoms with Crippen LogP contribution >= 0.6 is 0 Å². The Kier molecular flexibility index (Phi) is 12.6. The predicted molar refractivity (Wildman–Crippen MR) is 146 cm³/mol. The molecule has 0 aliphatic carbocycles. The van der Waals surface area contributed by atoms with E-state index in [4.69, 9.17) is 4.74 Å². The lowest BCUT2D eigenvalue weighted by molar-refractivity contribution is -0.151. The van der Waals surface area contributed by atoms with Gasteiger partial charge in [-0.25, -0.2) is 0 Å². The number of hydrogen-bond acceptors (Lipinski definition) is 5. The molecular formula is C30H44N2O5. The van der Waals surface area contributed by atoms with E-state index in [1.54, 1.807) is 24.8 Å². The highest BCUT2D eigenvalue weighted by Crippen LogP contribution is 2.22. The van der Waals surface area contributed by atoms with Gasteiger partial charge < -0.3 is 20.1 Å². The Morgan fingerprint density at radius 3 is 2.57 bits per heavy atom. The average Bonchev–Trinajstić information content (AvgIpc) is 3.36. The van der Waals surface area contributed by atoms with Crippen LogP contribution in [0.4, 0.5) is 0 Å². The first-order valence-corrected chi connectivity index (χ1v) is 13.4. The summed E-state index contributed by atoms with van der Waals surface area (Å²) in [4.78, 5) is 40.7. The highest BCUT2D eigenvalue weighted by molar-refractivity contribution is 5.86. The van der Waals surface area contributed by atoms with Crippen LogP contribution in [0, 0.1) is 11.8 Å². The number of rotatable bonds is 16. The van der Waals surface area contributed by atoms with Gasteiger partial charge in [-0.1, -0.05) is 42.5 Å². The lowest BCUT2D eigenvalue weighted by Crippen LogP contribution is -2.50. The van der Waals surface area contributed by atoms with Gasteiger partial charge in [0.1, 0.15) is 6.61 Å². The van der Waals surface area contributed by atoms with Crippen LogP contribution in [0.1, 0.15) is 64.4 Å². The fourth-order valence-corrected chi connectivity index (χ4v) is 4.72. The summed E-state index contributed by atoms with van der Waals surface area (Å²) in [5.41, 5.74) is 0.267. The van der Waals surface area contributed by atoms with Crippen LogP contribution < -0.4 is 5.32 Å².